The molecule has 3 heterocycles. The van der Waals surface area contributed by atoms with E-state index >= 15 is 0 Å². The second-order valence-corrected chi connectivity index (χ2v) is 15.4. The van der Waals surface area contributed by atoms with Crippen molar-refractivity contribution in [1.82, 2.24) is 0 Å². The number of thiophene rings is 1. The summed E-state index contributed by atoms with van der Waals surface area (Å²) in [7, 11) is -9.39. The van der Waals surface area contributed by atoms with Gasteiger partial charge in [0.1, 0.15) is 20.7 Å². The summed E-state index contributed by atoms with van der Waals surface area (Å²) in [5.74, 6) is -1.61. The summed E-state index contributed by atoms with van der Waals surface area (Å²) in [5, 5.41) is 8.52. The minimum absolute atomic E-state index is 0.435. The summed E-state index contributed by atoms with van der Waals surface area (Å²) in [5.41, 5.74) is 3.00. The van der Waals surface area contributed by atoms with Gasteiger partial charge in [-0.25, -0.2) is 16.8 Å². The minimum Gasteiger partial charge on any atom is -0.747 e. The van der Waals surface area contributed by atoms with Crippen LogP contribution in [0.5, 0.6) is 0 Å². The van der Waals surface area contributed by atoms with E-state index in [1.807, 2.05) is 83.6 Å². The molecule has 0 aliphatic carbocycles. The molecule has 42 heavy (non-hydrogen) atoms. The van der Waals surface area contributed by atoms with E-state index in [2.05, 4.69) is 0 Å². The number of rotatable bonds is 6. The van der Waals surface area contributed by atoms with Gasteiger partial charge >= 0.3 is 0 Å². The highest BCUT2D eigenvalue weighted by Gasteiger charge is 2.31. The lowest BCUT2D eigenvalue weighted by molar-refractivity contribution is -0.648. The van der Waals surface area contributed by atoms with Gasteiger partial charge in [0, 0.05) is 4.90 Å². The van der Waals surface area contributed by atoms with Gasteiger partial charge in [-0.2, -0.15) is 15.9 Å². The van der Waals surface area contributed by atoms with Crippen molar-refractivity contribution in [3.05, 3.63) is 93.6 Å². The first-order valence-corrected chi connectivity index (χ1v) is 18.2. The molecular weight excluding hydrogens is 633 g/mol. The van der Waals surface area contributed by atoms with Gasteiger partial charge in [-0.1, -0.05) is 65.6 Å². The van der Waals surface area contributed by atoms with Crippen molar-refractivity contribution in [3.8, 4) is 11.1 Å². The van der Waals surface area contributed by atoms with Crippen LogP contribution in [0.4, 0.5) is 5.69 Å². The molecule has 0 bridgehead atoms. The van der Waals surface area contributed by atoms with E-state index in [4.69, 9.17) is 0 Å². The van der Waals surface area contributed by atoms with E-state index in [-0.39, 0.29) is 0 Å². The molecular formula is C29H19N2O6S5-. The van der Waals surface area contributed by atoms with Crippen LogP contribution in [-0.4, -0.2) is 31.8 Å². The number of benzene rings is 4. The highest BCUT2D eigenvalue weighted by molar-refractivity contribution is 8.04. The van der Waals surface area contributed by atoms with Crippen LogP contribution in [0, 0.1) is 0 Å². The molecule has 0 fully saturated rings. The molecule has 2 aromatic heterocycles. The van der Waals surface area contributed by atoms with Gasteiger partial charge in [0.2, 0.25) is 11.4 Å². The summed E-state index contributed by atoms with van der Waals surface area (Å²) in [6, 6.07) is 23.2. The Morgan fingerprint density at radius 1 is 0.833 bits per heavy atom. The Hall–Kier alpha value is -3.30. The summed E-state index contributed by atoms with van der Waals surface area (Å²) in [6.07, 6.45) is 1.66. The molecule has 1 aliphatic rings. The number of anilines is 1. The van der Waals surface area contributed by atoms with Crippen LogP contribution < -0.4 is 9.47 Å². The first-order chi connectivity index (χ1) is 20.0. The molecule has 0 N–H and O–H groups in total. The molecule has 0 saturated heterocycles. The lowest BCUT2D eigenvalue weighted by Gasteiger charge is -2.22. The zero-order chi connectivity index (χ0) is 29.2. The van der Waals surface area contributed by atoms with Crippen molar-refractivity contribution in [3.63, 3.8) is 0 Å². The molecule has 1 aliphatic heterocycles. The monoisotopic (exact) mass is 651 g/mol. The molecule has 7 rings (SSSR count). The number of hydrogen-bond donors (Lipinski definition) is 0. The van der Waals surface area contributed by atoms with Gasteiger partial charge in [-0.3, -0.25) is 0 Å². The van der Waals surface area contributed by atoms with E-state index < -0.39 is 32.0 Å². The maximum Gasteiger partial charge on any atom is 0.266 e. The molecule has 8 nitrogen and oxygen atoms in total. The van der Waals surface area contributed by atoms with E-state index in [1.165, 1.54) is 43.9 Å². The van der Waals surface area contributed by atoms with Crippen molar-refractivity contribution >= 4 is 98.2 Å². The molecule has 0 saturated carbocycles. The Bertz CT molecular complexity index is 2290. The van der Waals surface area contributed by atoms with Crippen LogP contribution in [0.1, 0.15) is 5.01 Å². The van der Waals surface area contributed by atoms with Gasteiger partial charge in [-0.05, 0) is 68.4 Å². The average Bonchev–Trinajstić information content (AvgIpc) is 3.66. The lowest BCUT2D eigenvalue weighted by Crippen LogP contribution is -2.39. The van der Waals surface area contributed by atoms with Crippen molar-refractivity contribution in [2.75, 3.05) is 10.8 Å². The van der Waals surface area contributed by atoms with Crippen LogP contribution >= 0.6 is 34.4 Å². The summed E-state index contributed by atoms with van der Waals surface area (Å²) in [4.78, 5) is 2.19. The van der Waals surface area contributed by atoms with Gasteiger partial charge < -0.3 is 14.0 Å². The second-order valence-electron chi connectivity index (χ2n) is 9.74. The first kappa shape index (κ1) is 27.5. The number of thioether (sulfide) groups is 1. The summed E-state index contributed by atoms with van der Waals surface area (Å²) >= 11 is 4.11. The maximum absolute atomic E-state index is 12.1. The quantitative estimate of drug-likeness (QED) is 0.120. The van der Waals surface area contributed by atoms with E-state index in [9.17, 15) is 25.9 Å². The largest absolute Gasteiger partial charge is 0.747 e. The van der Waals surface area contributed by atoms with Crippen molar-refractivity contribution in [2.24, 2.45) is 0 Å². The average molecular weight is 652 g/mol. The third-order valence-corrected chi connectivity index (χ3v) is 11.1. The molecule has 6 aromatic rings. The van der Waals surface area contributed by atoms with Crippen LogP contribution in [0.25, 0.3) is 49.0 Å². The standard InChI is InChI=1S/C29H20N2O6S5/c32-41(33,34)16-30-24-13-19(20-11-12-38-15-20)6-9-25(24)39-27(30)14-28-31(17-42(35,36)37)29-23-7-5-18-3-1-2-4-21(18)22(23)8-10-26(29)40-28/h1-15H,16-17H2,(H-,32,33,34,35,36,37)/p-1. The number of hydrogen-bond acceptors (Lipinski definition) is 10. The van der Waals surface area contributed by atoms with E-state index in [1.54, 1.807) is 6.08 Å². The summed E-state index contributed by atoms with van der Waals surface area (Å²) in [6.45, 7) is 0. The number of aromatic nitrogens is 1. The molecule has 0 unspecified atom stereocenters. The predicted octanol–water partition coefficient (Wildman–Crippen LogP) is 6.14. The third kappa shape index (κ3) is 5.11. The molecule has 0 amide bonds. The topological polar surface area (TPSA) is 122 Å². The lowest BCUT2D eigenvalue weighted by atomic mass is 10.0. The highest BCUT2D eigenvalue weighted by atomic mass is 32.2. The molecule has 0 radical (unpaired) electrons. The van der Waals surface area contributed by atoms with Crippen molar-refractivity contribution in [2.45, 2.75) is 10.8 Å². The minimum atomic E-state index is -4.71. The predicted molar refractivity (Wildman–Crippen MR) is 167 cm³/mol. The molecule has 0 atom stereocenters. The molecule has 4 aromatic carbocycles. The van der Waals surface area contributed by atoms with Gasteiger partial charge in [-0.15, -0.1) is 0 Å². The van der Waals surface area contributed by atoms with Crippen LogP contribution in [0.3, 0.4) is 0 Å². The molecule has 13 heteroatoms. The smallest absolute Gasteiger partial charge is 0.266 e. The normalized spacial score (nSPS) is 14.9. The second kappa shape index (κ2) is 10.2. The van der Waals surface area contributed by atoms with Gasteiger partial charge in [0.15, 0.2) is 10.1 Å². The zero-order valence-corrected chi connectivity index (χ0v) is 25.5. The van der Waals surface area contributed by atoms with Gasteiger partial charge in [0.25, 0.3) is 5.01 Å². The van der Waals surface area contributed by atoms with Crippen LogP contribution in [0.15, 0.2) is 93.5 Å². The van der Waals surface area contributed by atoms with E-state index in [0.717, 1.165) is 42.3 Å². The van der Waals surface area contributed by atoms with Crippen LogP contribution in [0.2, 0.25) is 0 Å². The SMILES string of the molecule is O=S(=O)([O-])CN1C(=Cc2sc3ccc4c5ccccc5ccc4c3[n+]2CS(=O)(=O)[O-])Sc2ccc(-c3ccsc3)cc21. The van der Waals surface area contributed by atoms with Crippen LogP contribution in [-0.2, 0) is 26.1 Å². The van der Waals surface area contributed by atoms with E-state index in [0.29, 0.717) is 21.2 Å². The highest BCUT2D eigenvalue weighted by Crippen LogP contribution is 2.48. The number of fused-ring (bicyclic) bond motifs is 6. The molecule has 0 spiro atoms. The van der Waals surface area contributed by atoms with Gasteiger partial charge in [0.05, 0.1) is 22.2 Å². The fourth-order valence-electron chi connectivity index (χ4n) is 5.30. The maximum atomic E-state index is 12.1. The number of nitrogens with zero attached hydrogens (tertiary/aromatic N) is 2. The zero-order valence-electron chi connectivity index (χ0n) is 21.5. The Labute approximate surface area is 253 Å². The fourth-order valence-corrected chi connectivity index (χ4v) is 9.57. The number of thiazole rings is 1. The molecule has 212 valence electrons. The van der Waals surface area contributed by atoms with Crippen molar-refractivity contribution < 1.29 is 30.5 Å². The van der Waals surface area contributed by atoms with Crippen molar-refractivity contribution in [1.29, 1.82) is 0 Å². The Morgan fingerprint density at radius 3 is 2.40 bits per heavy atom. The summed E-state index contributed by atoms with van der Waals surface area (Å²) < 4.78 is 74.6. The Balaban J connectivity index is 1.44. The Kier molecular flexibility index (Phi) is 6.66. The first-order valence-electron chi connectivity index (χ1n) is 12.5. The Morgan fingerprint density at radius 2 is 1.64 bits per heavy atom. The third-order valence-electron chi connectivity index (χ3n) is 7.02. The fraction of sp³-hybridized carbons (Fsp3) is 0.0690.